The van der Waals surface area contributed by atoms with E-state index in [-0.39, 0.29) is 28.7 Å². The van der Waals surface area contributed by atoms with Gasteiger partial charge in [-0.25, -0.2) is 4.99 Å². The van der Waals surface area contributed by atoms with Gasteiger partial charge in [-0.3, -0.25) is 19.2 Å². The van der Waals surface area contributed by atoms with Gasteiger partial charge in [0.1, 0.15) is 0 Å². The fraction of sp³-hybridized carbons (Fsp3) is 0.207. The Labute approximate surface area is 203 Å². The summed E-state index contributed by atoms with van der Waals surface area (Å²) in [5.41, 5.74) is 3.44. The van der Waals surface area contributed by atoms with Crippen LogP contribution in [0.1, 0.15) is 41.5 Å². The van der Waals surface area contributed by atoms with Crippen LogP contribution < -0.4 is 5.32 Å². The summed E-state index contributed by atoms with van der Waals surface area (Å²) in [6.07, 6.45) is 11.6. The predicted molar refractivity (Wildman–Crippen MR) is 135 cm³/mol. The van der Waals surface area contributed by atoms with Crippen LogP contribution in [0.2, 0.25) is 0 Å². The van der Waals surface area contributed by atoms with Gasteiger partial charge in [0.2, 0.25) is 0 Å². The van der Waals surface area contributed by atoms with Gasteiger partial charge in [-0.1, -0.05) is 30.4 Å². The Morgan fingerprint density at radius 1 is 0.914 bits per heavy atom. The Bertz CT molecular complexity index is 1440. The van der Waals surface area contributed by atoms with E-state index < -0.39 is 17.9 Å². The average Bonchev–Trinajstić information content (AvgIpc) is 2.86. The van der Waals surface area contributed by atoms with Gasteiger partial charge in [0.25, 0.3) is 0 Å². The van der Waals surface area contributed by atoms with Gasteiger partial charge in [-0.2, -0.15) is 0 Å². The van der Waals surface area contributed by atoms with E-state index in [9.17, 15) is 19.2 Å². The molecule has 3 unspecified atom stereocenters. The average molecular weight is 465 g/mol. The summed E-state index contributed by atoms with van der Waals surface area (Å²) in [5, 5.41) is 3.33. The van der Waals surface area contributed by atoms with Crippen molar-refractivity contribution in [3.8, 4) is 0 Å². The molecule has 5 rings (SSSR count). The highest BCUT2D eigenvalue weighted by molar-refractivity contribution is 6.34. The Morgan fingerprint density at radius 2 is 1.63 bits per heavy atom. The van der Waals surface area contributed by atoms with E-state index in [1.54, 1.807) is 62.4 Å². The summed E-state index contributed by atoms with van der Waals surface area (Å²) in [4.78, 5) is 58.0. The van der Waals surface area contributed by atoms with E-state index in [2.05, 4.69) is 11.9 Å². The monoisotopic (exact) mass is 464 g/mol. The van der Waals surface area contributed by atoms with Crippen molar-refractivity contribution in [2.75, 3.05) is 5.32 Å². The second-order valence-electron chi connectivity index (χ2n) is 8.76. The van der Waals surface area contributed by atoms with Gasteiger partial charge in [0.15, 0.2) is 23.1 Å². The molecule has 0 aromatic heterocycles. The lowest BCUT2D eigenvalue weighted by atomic mass is 9.69. The summed E-state index contributed by atoms with van der Waals surface area (Å²) in [5.74, 6) is -2.03. The molecule has 1 N–H and O–H groups in total. The zero-order chi connectivity index (χ0) is 25.0. The first kappa shape index (κ1) is 22.6. The summed E-state index contributed by atoms with van der Waals surface area (Å²) in [6, 6.07) is 2.70. The summed E-state index contributed by atoms with van der Waals surface area (Å²) in [7, 11) is 0. The third kappa shape index (κ3) is 3.06. The number of fused-ring (bicyclic) bond motifs is 5. The number of Topliss-reactive ketones (excluding diaryl/α,β-unsaturated/α-hetero) is 4. The van der Waals surface area contributed by atoms with Crippen molar-refractivity contribution >= 4 is 40.2 Å². The number of carbonyl (C=O) groups excluding carboxylic acids is 4. The number of anilines is 1. The third-order valence-corrected chi connectivity index (χ3v) is 7.02. The smallest absolute Gasteiger partial charge is 0.196 e. The van der Waals surface area contributed by atoms with Crippen LogP contribution in [0.15, 0.2) is 88.5 Å². The number of hydrogen-bond acceptors (Lipinski definition) is 6. The number of allylic oxidation sites excluding steroid dienone is 9. The van der Waals surface area contributed by atoms with Gasteiger partial charge in [-0.05, 0) is 45.1 Å². The van der Waals surface area contributed by atoms with E-state index in [1.165, 1.54) is 6.08 Å². The van der Waals surface area contributed by atoms with Gasteiger partial charge in [0.05, 0.1) is 40.5 Å². The van der Waals surface area contributed by atoms with Crippen molar-refractivity contribution in [2.24, 2.45) is 16.8 Å². The molecule has 1 aliphatic heterocycles. The Morgan fingerprint density at radius 3 is 2.29 bits per heavy atom. The minimum absolute atomic E-state index is 0.150. The van der Waals surface area contributed by atoms with Crippen molar-refractivity contribution in [1.29, 1.82) is 0 Å². The molecule has 1 aromatic carbocycles. The maximum absolute atomic E-state index is 13.6. The van der Waals surface area contributed by atoms with E-state index in [0.717, 1.165) is 0 Å². The second-order valence-corrected chi connectivity index (χ2v) is 8.76. The van der Waals surface area contributed by atoms with Crippen LogP contribution in [-0.2, 0) is 9.59 Å². The summed E-state index contributed by atoms with van der Waals surface area (Å²) < 4.78 is 0. The largest absolute Gasteiger partial charge is 0.371 e. The molecule has 0 saturated carbocycles. The Kier molecular flexibility index (Phi) is 5.32. The van der Waals surface area contributed by atoms with E-state index in [1.807, 2.05) is 6.92 Å². The topological polar surface area (TPSA) is 92.7 Å². The number of benzene rings is 1. The van der Waals surface area contributed by atoms with Crippen molar-refractivity contribution in [1.82, 2.24) is 0 Å². The lowest BCUT2D eigenvalue weighted by Crippen LogP contribution is -2.46. The van der Waals surface area contributed by atoms with E-state index in [4.69, 9.17) is 4.99 Å². The van der Waals surface area contributed by atoms with Crippen molar-refractivity contribution in [2.45, 2.75) is 26.8 Å². The Hall–Kier alpha value is -4.19. The molecule has 3 aliphatic carbocycles. The zero-order valence-electron chi connectivity index (χ0n) is 19.7. The van der Waals surface area contributed by atoms with Crippen LogP contribution in [0, 0.1) is 11.8 Å². The third-order valence-electron chi connectivity index (χ3n) is 7.02. The molecule has 1 aromatic rings. The highest BCUT2D eigenvalue weighted by Gasteiger charge is 2.46. The second kappa shape index (κ2) is 8.24. The minimum Gasteiger partial charge on any atom is -0.371 e. The maximum atomic E-state index is 13.6. The maximum Gasteiger partial charge on any atom is 0.196 e. The molecule has 0 spiro atoms. The van der Waals surface area contributed by atoms with E-state index >= 15 is 0 Å². The van der Waals surface area contributed by atoms with E-state index in [0.29, 0.717) is 44.9 Å². The Balaban J connectivity index is 1.66. The zero-order valence-corrected chi connectivity index (χ0v) is 19.7. The van der Waals surface area contributed by atoms with Crippen LogP contribution in [0.3, 0.4) is 0 Å². The van der Waals surface area contributed by atoms with Crippen LogP contribution in [0.4, 0.5) is 11.4 Å². The van der Waals surface area contributed by atoms with Crippen molar-refractivity contribution < 1.29 is 19.2 Å². The summed E-state index contributed by atoms with van der Waals surface area (Å²) in [6.45, 7) is 9.04. The quantitative estimate of drug-likeness (QED) is 0.500. The van der Waals surface area contributed by atoms with Crippen LogP contribution >= 0.6 is 0 Å². The van der Waals surface area contributed by atoms with Crippen molar-refractivity contribution in [3.63, 3.8) is 0 Å². The number of aliphatic imine (C=N–C) groups is 1. The fourth-order valence-electron chi connectivity index (χ4n) is 5.37. The fourth-order valence-corrected chi connectivity index (χ4v) is 5.37. The van der Waals surface area contributed by atoms with Gasteiger partial charge >= 0.3 is 0 Å². The molecule has 174 valence electrons. The van der Waals surface area contributed by atoms with Gasteiger partial charge < -0.3 is 5.32 Å². The molecular formula is C29H24N2O4. The number of rotatable bonds is 2. The lowest BCUT2D eigenvalue weighted by Gasteiger charge is -2.37. The molecule has 0 saturated heterocycles. The molecule has 4 aliphatic rings. The lowest BCUT2D eigenvalue weighted by molar-refractivity contribution is -0.127. The molecule has 3 atom stereocenters. The first-order valence-corrected chi connectivity index (χ1v) is 11.6. The molecule has 6 nitrogen and oxygen atoms in total. The van der Waals surface area contributed by atoms with Crippen LogP contribution in [0.25, 0.3) is 0 Å². The first-order chi connectivity index (χ1) is 16.9. The van der Waals surface area contributed by atoms with Gasteiger partial charge in [-0.15, -0.1) is 6.58 Å². The molecule has 35 heavy (non-hydrogen) atoms. The van der Waals surface area contributed by atoms with Gasteiger partial charge in [0, 0.05) is 27.9 Å². The SMILES string of the molecule is C=CC1C(=O)C2=C(C(=O)C1/C=C\C)C1Nc3ccc4c(c3N=C1C=C2)C(=O)C(=C/C)/C(=C\C)C4=O. The molecule has 0 amide bonds. The normalized spacial score (nSPS) is 27.5. The molecule has 1 heterocycles. The number of nitrogens with zero attached hydrogens (tertiary/aromatic N) is 1. The minimum atomic E-state index is -0.628. The van der Waals surface area contributed by atoms with Crippen LogP contribution in [0.5, 0.6) is 0 Å². The standard InChI is InChI=1S/C29H24N2O4/c1-5-9-17-16(8-4)27(33)19-11-13-21-25(23(19)29(17)35)31-20-12-10-18-22(24(20)30-21)28(34)15(7-3)14(6-2)26(18)32/h5-13,16-17,25,31H,4H2,1-3H3/b9-5-,14-6+,15-7+. The number of nitrogens with one attached hydrogen (secondary N) is 1. The molecule has 0 bridgehead atoms. The molecule has 6 heteroatoms. The number of carbonyl (C=O) groups is 4. The number of hydrogen-bond donors (Lipinski definition) is 1. The highest BCUT2D eigenvalue weighted by Crippen LogP contribution is 2.44. The van der Waals surface area contributed by atoms with Crippen LogP contribution in [-0.4, -0.2) is 34.9 Å². The number of ketones is 4. The molecule has 0 radical (unpaired) electrons. The van der Waals surface area contributed by atoms with Crippen molar-refractivity contribution in [3.05, 3.63) is 94.7 Å². The molecular weight excluding hydrogens is 440 g/mol. The highest BCUT2D eigenvalue weighted by atomic mass is 16.1. The predicted octanol–water partition coefficient (Wildman–Crippen LogP) is 4.84. The molecule has 0 fully saturated rings. The first-order valence-electron chi connectivity index (χ1n) is 11.6. The summed E-state index contributed by atoms with van der Waals surface area (Å²) >= 11 is 0.